The van der Waals surface area contributed by atoms with Crippen LogP contribution in [0.2, 0.25) is 0 Å². The van der Waals surface area contributed by atoms with Gasteiger partial charge in [-0.25, -0.2) is 9.59 Å². The minimum Gasteiger partial charge on any atom is -0.458 e. The van der Waals surface area contributed by atoms with Gasteiger partial charge >= 0.3 is 12.1 Å². The number of carbonyl (C=O) groups excluding carboxylic acids is 4. The molecule has 4 aromatic carbocycles. The molecule has 0 aromatic heterocycles. The Morgan fingerprint density at radius 1 is 0.636 bits per heavy atom. The van der Waals surface area contributed by atoms with E-state index >= 15 is 0 Å². The van der Waals surface area contributed by atoms with Crippen LogP contribution in [0.15, 0.2) is 121 Å². The van der Waals surface area contributed by atoms with Gasteiger partial charge in [-0.1, -0.05) is 121 Å². The number of carbonyl (C=O) groups is 4. The molecule has 14 heteroatoms. The summed E-state index contributed by atoms with van der Waals surface area (Å²) >= 11 is 0. The van der Waals surface area contributed by atoms with Crippen molar-refractivity contribution < 1.29 is 52.3 Å². The topological polar surface area (TPSA) is 169 Å². The molecule has 6 atom stereocenters. The second kappa shape index (κ2) is 24.8. The largest absolute Gasteiger partial charge is 0.458 e. The number of nitrogens with one attached hydrogen (secondary N) is 3. The van der Waals surface area contributed by atoms with Crippen molar-refractivity contribution in [1.82, 2.24) is 16.0 Å². The van der Waals surface area contributed by atoms with Crippen molar-refractivity contribution in [3.63, 3.8) is 0 Å². The van der Waals surface area contributed by atoms with Crippen LogP contribution in [0.1, 0.15) is 90.0 Å². The highest BCUT2D eigenvalue weighted by molar-refractivity contribution is 5.82. The van der Waals surface area contributed by atoms with Gasteiger partial charge in [-0.15, -0.1) is 0 Å². The molecule has 3 amide bonds. The van der Waals surface area contributed by atoms with E-state index in [1.807, 2.05) is 121 Å². The third-order valence-corrected chi connectivity index (χ3v) is 10.2. The van der Waals surface area contributed by atoms with Crippen LogP contribution < -0.4 is 16.0 Å². The number of hydrogen-bond donors (Lipinski definition) is 3. The van der Waals surface area contributed by atoms with Crippen LogP contribution >= 0.6 is 0 Å². The molecule has 0 spiro atoms. The van der Waals surface area contributed by atoms with Crippen LogP contribution in [0.3, 0.4) is 0 Å². The van der Waals surface area contributed by atoms with Crippen molar-refractivity contribution in [3.8, 4) is 0 Å². The lowest BCUT2D eigenvalue weighted by atomic mass is 9.87. The standard InChI is InChI=1S/C52H67N3O11/c1-37(56)55-52(31-44(57)53-30-20-29-42(48(58)65-50(2,3)4)54-49(59)66-51(5,6)7)47(63-35-41-27-18-11-19-28-41)46(62-34-40-25-16-10-17-26-40)45(61-33-39-23-14-9-15-24-39)43(64-52)36-60-32-38-21-12-8-13-22-38/h8-19,21-28,42-43,45-47H,20,29-36H2,1-7H3,(H,53,57)(H,54,59)(H,55,56)/t42-,43+,45+,46-,47+,52-/m0/s1. The molecule has 4 aromatic rings. The maximum Gasteiger partial charge on any atom is 0.408 e. The third kappa shape index (κ3) is 17.3. The molecule has 1 saturated heterocycles. The van der Waals surface area contributed by atoms with E-state index in [1.165, 1.54) is 6.92 Å². The number of alkyl carbamates (subject to hydrolysis) is 1. The molecule has 3 N–H and O–H groups in total. The highest BCUT2D eigenvalue weighted by atomic mass is 16.6. The molecule has 0 unspecified atom stereocenters. The minimum atomic E-state index is -1.81. The first-order valence-electron chi connectivity index (χ1n) is 22.5. The Morgan fingerprint density at radius 2 is 1.11 bits per heavy atom. The van der Waals surface area contributed by atoms with Crippen LogP contribution in [0.4, 0.5) is 4.79 Å². The summed E-state index contributed by atoms with van der Waals surface area (Å²) in [4.78, 5) is 53.7. The Morgan fingerprint density at radius 3 is 1.59 bits per heavy atom. The van der Waals surface area contributed by atoms with Crippen molar-refractivity contribution in [2.45, 2.75) is 142 Å². The summed E-state index contributed by atoms with van der Waals surface area (Å²) in [6.07, 6.45) is -4.53. The molecule has 1 fully saturated rings. The lowest BCUT2D eigenvalue weighted by molar-refractivity contribution is -0.314. The highest BCUT2D eigenvalue weighted by Gasteiger charge is 2.58. The molecule has 0 bridgehead atoms. The summed E-state index contributed by atoms with van der Waals surface area (Å²) in [5.74, 6) is -1.59. The van der Waals surface area contributed by atoms with Gasteiger partial charge in [0.1, 0.15) is 41.7 Å². The first-order chi connectivity index (χ1) is 31.5. The van der Waals surface area contributed by atoms with E-state index in [2.05, 4.69) is 16.0 Å². The summed E-state index contributed by atoms with van der Waals surface area (Å²) in [5.41, 5.74) is 0.174. The van der Waals surface area contributed by atoms with Crippen LogP contribution in [-0.2, 0) is 74.0 Å². The molecule has 356 valence electrons. The zero-order valence-corrected chi connectivity index (χ0v) is 39.3. The smallest absolute Gasteiger partial charge is 0.408 e. The average Bonchev–Trinajstić information content (AvgIpc) is 3.26. The fourth-order valence-electron chi connectivity index (χ4n) is 7.45. The maximum absolute atomic E-state index is 14.3. The Hall–Kier alpha value is -5.64. The summed E-state index contributed by atoms with van der Waals surface area (Å²) in [6, 6.07) is 37.6. The van der Waals surface area contributed by atoms with E-state index in [0.717, 1.165) is 22.3 Å². The molecular weight excluding hydrogens is 843 g/mol. The number of ether oxygens (including phenoxy) is 7. The Labute approximate surface area is 389 Å². The molecule has 14 nitrogen and oxygen atoms in total. The third-order valence-electron chi connectivity index (χ3n) is 10.2. The second-order valence-corrected chi connectivity index (χ2v) is 18.4. The van der Waals surface area contributed by atoms with Gasteiger partial charge in [0, 0.05) is 13.5 Å². The monoisotopic (exact) mass is 909 g/mol. The first-order valence-corrected chi connectivity index (χ1v) is 22.5. The van der Waals surface area contributed by atoms with Crippen molar-refractivity contribution in [1.29, 1.82) is 0 Å². The normalized spacial score (nSPS) is 20.1. The van der Waals surface area contributed by atoms with Gasteiger partial charge in [0.05, 0.1) is 39.5 Å². The van der Waals surface area contributed by atoms with Crippen molar-refractivity contribution in [2.75, 3.05) is 13.2 Å². The van der Waals surface area contributed by atoms with E-state index in [9.17, 15) is 19.2 Å². The van der Waals surface area contributed by atoms with E-state index < -0.39 is 77.7 Å². The van der Waals surface area contributed by atoms with Gasteiger partial charge in [0.15, 0.2) is 5.72 Å². The van der Waals surface area contributed by atoms with Gasteiger partial charge in [-0.3, -0.25) is 9.59 Å². The van der Waals surface area contributed by atoms with Crippen LogP contribution in [0.25, 0.3) is 0 Å². The molecule has 1 heterocycles. The van der Waals surface area contributed by atoms with Crippen LogP contribution in [0.5, 0.6) is 0 Å². The number of rotatable bonds is 22. The summed E-state index contributed by atoms with van der Waals surface area (Å²) in [7, 11) is 0. The molecule has 0 aliphatic carbocycles. The average molecular weight is 910 g/mol. The minimum absolute atomic E-state index is 0.00457. The first kappa shape index (κ1) is 51.3. The second-order valence-electron chi connectivity index (χ2n) is 18.4. The van der Waals surface area contributed by atoms with Crippen molar-refractivity contribution in [2.24, 2.45) is 0 Å². The predicted molar refractivity (Wildman–Crippen MR) is 248 cm³/mol. The molecular formula is C52H67N3O11. The zero-order valence-electron chi connectivity index (χ0n) is 39.3. The zero-order chi connectivity index (χ0) is 47.6. The molecule has 0 saturated carbocycles. The molecule has 0 radical (unpaired) electrons. The van der Waals surface area contributed by atoms with Crippen molar-refractivity contribution >= 4 is 23.9 Å². The number of esters is 1. The molecule has 1 aliphatic rings. The Kier molecular flexibility index (Phi) is 19.3. The number of benzene rings is 4. The number of amides is 3. The predicted octanol–water partition coefficient (Wildman–Crippen LogP) is 7.71. The van der Waals surface area contributed by atoms with Gasteiger partial charge in [-0.05, 0) is 76.6 Å². The van der Waals surface area contributed by atoms with E-state index in [-0.39, 0.29) is 52.4 Å². The van der Waals surface area contributed by atoms with E-state index in [0.29, 0.717) is 0 Å². The lowest BCUT2D eigenvalue weighted by Crippen LogP contribution is -2.73. The van der Waals surface area contributed by atoms with Gasteiger partial charge < -0.3 is 49.1 Å². The lowest BCUT2D eigenvalue weighted by Gasteiger charge is -2.52. The Bertz CT molecular complexity index is 2100. The fourth-order valence-corrected chi connectivity index (χ4v) is 7.45. The summed E-state index contributed by atoms with van der Waals surface area (Å²) in [6.45, 7) is 12.5. The molecule has 5 rings (SSSR count). The van der Waals surface area contributed by atoms with E-state index in [4.69, 9.17) is 33.2 Å². The van der Waals surface area contributed by atoms with Gasteiger partial charge in [0.2, 0.25) is 11.8 Å². The highest BCUT2D eigenvalue weighted by Crippen LogP contribution is 2.38. The molecule has 66 heavy (non-hydrogen) atoms. The van der Waals surface area contributed by atoms with Gasteiger partial charge in [-0.2, -0.15) is 0 Å². The number of hydrogen-bond acceptors (Lipinski definition) is 11. The quantitative estimate of drug-likeness (QED) is 0.0522. The summed E-state index contributed by atoms with van der Waals surface area (Å²) < 4.78 is 44.8. The van der Waals surface area contributed by atoms with E-state index in [1.54, 1.807) is 41.5 Å². The van der Waals surface area contributed by atoms with Crippen LogP contribution in [-0.4, -0.2) is 84.4 Å². The van der Waals surface area contributed by atoms with Crippen LogP contribution in [0, 0.1) is 0 Å². The summed E-state index contributed by atoms with van der Waals surface area (Å²) in [5, 5.41) is 8.57. The van der Waals surface area contributed by atoms with Crippen molar-refractivity contribution in [3.05, 3.63) is 144 Å². The SMILES string of the molecule is CC(=O)N[C@@]1(CC(=O)NCCC[C@H](NC(=O)OC(C)(C)C)C(=O)OC(C)(C)C)O[C@H](COCc2ccccc2)[C@@H](OCc2ccccc2)[C@H](OCc2ccccc2)[C@H]1OCc1ccccc1. The Balaban J connectivity index is 1.47. The molecule has 1 aliphatic heterocycles. The maximum atomic E-state index is 14.3. The fraction of sp³-hybridized carbons (Fsp3) is 0.462. The van der Waals surface area contributed by atoms with Gasteiger partial charge in [0.25, 0.3) is 0 Å².